The molecule has 0 heterocycles. The van der Waals surface area contributed by atoms with Crippen LogP contribution in [0.25, 0.3) is 0 Å². The Balaban J connectivity index is 2.38. The van der Waals surface area contributed by atoms with Crippen molar-refractivity contribution in [2.45, 2.75) is 38.1 Å². The maximum Gasteiger partial charge on any atom is 0.243 e. The topological polar surface area (TPSA) is 49.4 Å². The zero-order valence-corrected chi connectivity index (χ0v) is 13.6. The molecular formula is C15H23FN2O2S. The summed E-state index contributed by atoms with van der Waals surface area (Å²) < 4.78 is 41.0. The summed E-state index contributed by atoms with van der Waals surface area (Å²) in [6.07, 6.45) is 2.19. The van der Waals surface area contributed by atoms with Crippen LogP contribution < -0.4 is 5.32 Å². The predicted octanol–water partition coefficient (Wildman–Crippen LogP) is 2.27. The Morgan fingerprint density at radius 1 is 1.38 bits per heavy atom. The molecule has 21 heavy (non-hydrogen) atoms. The van der Waals surface area contributed by atoms with Crippen LogP contribution in [0.4, 0.5) is 4.39 Å². The number of hydrogen-bond donors (Lipinski definition) is 1. The maximum atomic E-state index is 14.0. The Kier molecular flexibility index (Phi) is 5.01. The Bertz CT molecular complexity index is 612. The molecule has 6 heteroatoms. The number of aryl methyl sites for hydroxylation is 1. The Morgan fingerprint density at radius 3 is 2.57 bits per heavy atom. The molecule has 0 saturated heterocycles. The highest BCUT2D eigenvalue weighted by Gasteiger charge is 2.31. The average molecular weight is 314 g/mol. The Labute approximate surface area is 126 Å². The van der Waals surface area contributed by atoms with E-state index < -0.39 is 10.0 Å². The van der Waals surface area contributed by atoms with Gasteiger partial charge in [0.2, 0.25) is 10.0 Å². The molecule has 1 aliphatic rings. The number of benzene rings is 1. The van der Waals surface area contributed by atoms with Crippen LogP contribution in [-0.4, -0.2) is 32.9 Å². The third kappa shape index (κ3) is 3.62. The highest BCUT2D eigenvalue weighted by atomic mass is 32.2. The van der Waals surface area contributed by atoms with Gasteiger partial charge in [-0.2, -0.15) is 4.31 Å². The van der Waals surface area contributed by atoms with Gasteiger partial charge in [-0.1, -0.05) is 6.92 Å². The van der Waals surface area contributed by atoms with Gasteiger partial charge in [0.15, 0.2) is 0 Å². The number of halogens is 1. The van der Waals surface area contributed by atoms with Gasteiger partial charge in [0.25, 0.3) is 0 Å². The standard InChI is InChI=1S/C15H23FN2O2S/c1-4-18(10-12-5-6-12)21(19,20)14-7-11(2)15(16)13(8-14)9-17-3/h7-8,12,17H,4-6,9-10H2,1-3H3. The van der Waals surface area contributed by atoms with E-state index in [1.807, 2.05) is 6.92 Å². The summed E-state index contributed by atoms with van der Waals surface area (Å²) in [7, 11) is -1.84. The lowest BCUT2D eigenvalue weighted by Crippen LogP contribution is -2.33. The smallest absolute Gasteiger partial charge is 0.243 e. The molecule has 0 atom stereocenters. The molecule has 0 unspecified atom stereocenters. The molecule has 0 spiro atoms. The number of hydrogen-bond acceptors (Lipinski definition) is 3. The lowest BCUT2D eigenvalue weighted by atomic mass is 10.1. The molecular weight excluding hydrogens is 291 g/mol. The van der Waals surface area contributed by atoms with Crippen molar-refractivity contribution in [2.24, 2.45) is 5.92 Å². The van der Waals surface area contributed by atoms with Gasteiger partial charge in [-0.15, -0.1) is 0 Å². The van der Waals surface area contributed by atoms with Crippen molar-refractivity contribution in [1.82, 2.24) is 9.62 Å². The molecule has 0 aliphatic heterocycles. The third-order valence-electron chi connectivity index (χ3n) is 3.82. The minimum absolute atomic E-state index is 0.189. The van der Waals surface area contributed by atoms with Crippen LogP contribution in [-0.2, 0) is 16.6 Å². The molecule has 0 amide bonds. The highest BCUT2D eigenvalue weighted by Crippen LogP contribution is 2.32. The minimum atomic E-state index is -3.55. The van der Waals surface area contributed by atoms with Gasteiger partial charge < -0.3 is 5.32 Å². The van der Waals surface area contributed by atoms with Gasteiger partial charge in [0.05, 0.1) is 4.90 Å². The largest absolute Gasteiger partial charge is 0.316 e. The summed E-state index contributed by atoms with van der Waals surface area (Å²) in [5, 5.41) is 2.87. The van der Waals surface area contributed by atoms with Crippen LogP contribution in [0.15, 0.2) is 17.0 Å². The second-order valence-corrected chi connectivity index (χ2v) is 7.58. The molecule has 118 valence electrons. The molecule has 1 fully saturated rings. The normalized spacial score (nSPS) is 15.7. The third-order valence-corrected chi connectivity index (χ3v) is 5.74. The van der Waals surface area contributed by atoms with Gasteiger partial charge in [-0.05, 0) is 50.4 Å². The second-order valence-electron chi connectivity index (χ2n) is 5.64. The van der Waals surface area contributed by atoms with Crippen LogP contribution in [0.5, 0.6) is 0 Å². The van der Waals surface area contributed by atoms with Crippen molar-refractivity contribution in [2.75, 3.05) is 20.1 Å². The van der Waals surface area contributed by atoms with E-state index in [9.17, 15) is 12.8 Å². The molecule has 0 aromatic heterocycles. The zero-order valence-electron chi connectivity index (χ0n) is 12.8. The first-order chi connectivity index (χ1) is 9.90. The summed E-state index contributed by atoms with van der Waals surface area (Å²) >= 11 is 0. The molecule has 1 saturated carbocycles. The van der Waals surface area contributed by atoms with E-state index in [-0.39, 0.29) is 10.7 Å². The second kappa shape index (κ2) is 6.42. The number of rotatable bonds is 7. The van der Waals surface area contributed by atoms with Crippen molar-refractivity contribution in [3.63, 3.8) is 0 Å². The highest BCUT2D eigenvalue weighted by molar-refractivity contribution is 7.89. The van der Waals surface area contributed by atoms with Gasteiger partial charge in [0.1, 0.15) is 5.82 Å². The molecule has 1 aromatic carbocycles. The van der Waals surface area contributed by atoms with Crippen molar-refractivity contribution >= 4 is 10.0 Å². The SMILES string of the molecule is CCN(CC1CC1)S(=O)(=O)c1cc(C)c(F)c(CNC)c1. The maximum absolute atomic E-state index is 14.0. The monoisotopic (exact) mass is 314 g/mol. The summed E-state index contributed by atoms with van der Waals surface area (Å²) in [4.78, 5) is 0.189. The Hall–Kier alpha value is -0.980. The van der Waals surface area contributed by atoms with Gasteiger partial charge in [-0.25, -0.2) is 12.8 Å². The molecule has 1 aromatic rings. The van der Waals surface area contributed by atoms with Crippen molar-refractivity contribution in [3.8, 4) is 0 Å². The molecule has 4 nitrogen and oxygen atoms in total. The first kappa shape index (κ1) is 16.4. The molecule has 1 aliphatic carbocycles. The molecule has 0 radical (unpaired) electrons. The zero-order chi connectivity index (χ0) is 15.6. The fraction of sp³-hybridized carbons (Fsp3) is 0.600. The number of nitrogens with one attached hydrogen (secondary N) is 1. The molecule has 1 N–H and O–H groups in total. The van der Waals surface area contributed by atoms with Crippen LogP contribution in [0, 0.1) is 18.7 Å². The van der Waals surface area contributed by atoms with E-state index in [2.05, 4.69) is 5.32 Å². The lowest BCUT2D eigenvalue weighted by molar-refractivity contribution is 0.411. The Morgan fingerprint density at radius 2 is 2.05 bits per heavy atom. The van der Waals surface area contributed by atoms with Gasteiger partial charge in [0, 0.05) is 25.2 Å². The fourth-order valence-corrected chi connectivity index (χ4v) is 4.07. The van der Waals surface area contributed by atoms with E-state index in [0.29, 0.717) is 36.7 Å². The molecule has 2 rings (SSSR count). The van der Waals surface area contributed by atoms with Crippen molar-refractivity contribution in [1.29, 1.82) is 0 Å². The van der Waals surface area contributed by atoms with E-state index in [4.69, 9.17) is 0 Å². The van der Waals surface area contributed by atoms with Crippen molar-refractivity contribution < 1.29 is 12.8 Å². The average Bonchev–Trinajstić information content (AvgIpc) is 3.24. The van der Waals surface area contributed by atoms with Gasteiger partial charge >= 0.3 is 0 Å². The summed E-state index contributed by atoms with van der Waals surface area (Å²) in [5.41, 5.74) is 0.752. The minimum Gasteiger partial charge on any atom is -0.316 e. The summed E-state index contributed by atoms with van der Waals surface area (Å²) in [5.74, 6) is 0.145. The van der Waals surface area contributed by atoms with Crippen LogP contribution in [0.2, 0.25) is 0 Å². The number of nitrogens with zero attached hydrogens (tertiary/aromatic N) is 1. The van der Waals surface area contributed by atoms with Gasteiger partial charge in [-0.3, -0.25) is 0 Å². The summed E-state index contributed by atoms with van der Waals surface area (Å²) in [6.45, 7) is 4.76. The van der Waals surface area contributed by atoms with E-state index >= 15 is 0 Å². The predicted molar refractivity (Wildman–Crippen MR) is 81.1 cm³/mol. The molecule has 0 bridgehead atoms. The van der Waals surface area contributed by atoms with E-state index in [1.165, 1.54) is 16.4 Å². The van der Waals surface area contributed by atoms with E-state index in [1.54, 1.807) is 14.0 Å². The van der Waals surface area contributed by atoms with Crippen LogP contribution in [0.1, 0.15) is 30.9 Å². The first-order valence-electron chi connectivity index (χ1n) is 7.34. The van der Waals surface area contributed by atoms with E-state index in [0.717, 1.165) is 12.8 Å². The fourth-order valence-electron chi connectivity index (χ4n) is 2.41. The van der Waals surface area contributed by atoms with Crippen LogP contribution >= 0.6 is 0 Å². The quantitative estimate of drug-likeness (QED) is 0.840. The van der Waals surface area contributed by atoms with Crippen molar-refractivity contribution in [3.05, 3.63) is 29.1 Å². The van der Waals surface area contributed by atoms with Crippen LogP contribution in [0.3, 0.4) is 0 Å². The number of sulfonamides is 1. The summed E-state index contributed by atoms with van der Waals surface area (Å²) in [6, 6.07) is 2.88. The first-order valence-corrected chi connectivity index (χ1v) is 8.78. The lowest BCUT2D eigenvalue weighted by Gasteiger charge is -2.21.